The second kappa shape index (κ2) is 8.01. The molecule has 1 heterocycles. The van der Waals surface area contributed by atoms with Gasteiger partial charge in [-0.3, -0.25) is 5.32 Å². The lowest BCUT2D eigenvalue weighted by Crippen LogP contribution is -2.15. The fourth-order valence-corrected chi connectivity index (χ4v) is 3.18. The molecule has 1 amide bonds. The predicted octanol–water partition coefficient (Wildman–Crippen LogP) is 5.00. The van der Waals surface area contributed by atoms with Crippen LogP contribution in [0.4, 0.5) is 14.9 Å². The Hall–Kier alpha value is -3.53. The zero-order valence-corrected chi connectivity index (χ0v) is 15.6. The highest BCUT2D eigenvalue weighted by Crippen LogP contribution is 2.36. The number of aromatic hydroxyl groups is 1. The molecule has 0 unspecified atom stereocenters. The van der Waals surface area contributed by atoms with E-state index < -0.39 is 11.9 Å². The van der Waals surface area contributed by atoms with Gasteiger partial charge in [-0.25, -0.2) is 9.18 Å². The van der Waals surface area contributed by atoms with Crippen molar-refractivity contribution in [2.24, 2.45) is 0 Å². The number of anilines is 1. The number of carbonyl (C=O) groups excluding carboxylic acids is 1. The molecule has 0 aliphatic heterocycles. The summed E-state index contributed by atoms with van der Waals surface area (Å²) in [6, 6.07) is 11.3. The Kier molecular flexibility index (Phi) is 5.50. The molecular weight excluding hydrogens is 361 g/mol. The van der Waals surface area contributed by atoms with Gasteiger partial charge in [-0.2, -0.15) is 5.26 Å². The number of fused-ring (bicyclic) bond motifs is 1. The SMILES string of the molecule is CCCOC(=O)Nc1ccc(-c2c(C#N)c3ccc(O)cc3n2CC)cc1F. The van der Waals surface area contributed by atoms with E-state index in [-0.39, 0.29) is 18.0 Å². The molecule has 3 rings (SSSR count). The molecular formula is C21H20FN3O3. The third kappa shape index (κ3) is 3.49. The molecule has 7 heteroatoms. The first-order valence-corrected chi connectivity index (χ1v) is 8.99. The maximum atomic E-state index is 14.6. The van der Waals surface area contributed by atoms with Crippen LogP contribution >= 0.6 is 0 Å². The van der Waals surface area contributed by atoms with Crippen LogP contribution in [0.2, 0.25) is 0 Å². The van der Waals surface area contributed by atoms with E-state index >= 15 is 0 Å². The summed E-state index contributed by atoms with van der Waals surface area (Å²) in [6.45, 7) is 4.55. The summed E-state index contributed by atoms with van der Waals surface area (Å²) in [5.74, 6) is -0.544. The number of nitrogens with one attached hydrogen (secondary N) is 1. The van der Waals surface area contributed by atoms with Crippen LogP contribution in [0.3, 0.4) is 0 Å². The number of phenolic OH excluding ortho intramolecular Hbond substituents is 1. The summed E-state index contributed by atoms with van der Waals surface area (Å²) in [4.78, 5) is 11.7. The molecule has 3 aromatic rings. The second-order valence-corrected chi connectivity index (χ2v) is 6.24. The standard InChI is InChI=1S/C21H20FN3O3/c1-3-9-28-21(27)24-18-8-5-13(10-17(18)22)20-16(12-23)15-7-6-14(26)11-19(15)25(20)4-2/h5-8,10-11,26H,3-4,9H2,1-2H3,(H,24,27). The first-order chi connectivity index (χ1) is 13.5. The van der Waals surface area contributed by atoms with E-state index in [2.05, 4.69) is 11.4 Å². The summed E-state index contributed by atoms with van der Waals surface area (Å²) in [5, 5.41) is 22.6. The molecule has 0 fully saturated rings. The molecule has 2 aromatic carbocycles. The first kappa shape index (κ1) is 19.2. The third-order valence-corrected chi connectivity index (χ3v) is 4.39. The topological polar surface area (TPSA) is 87.3 Å². The average Bonchev–Trinajstić information content (AvgIpc) is 3.00. The van der Waals surface area contributed by atoms with Crippen LogP contribution in [0.5, 0.6) is 5.75 Å². The van der Waals surface area contributed by atoms with Gasteiger partial charge in [-0.15, -0.1) is 0 Å². The zero-order chi connectivity index (χ0) is 20.3. The summed E-state index contributed by atoms with van der Waals surface area (Å²) >= 11 is 0. The van der Waals surface area contributed by atoms with Crippen LogP contribution in [0.1, 0.15) is 25.8 Å². The van der Waals surface area contributed by atoms with Gasteiger partial charge < -0.3 is 14.4 Å². The number of ether oxygens (including phenoxy) is 1. The molecule has 0 radical (unpaired) electrons. The highest BCUT2D eigenvalue weighted by atomic mass is 19.1. The van der Waals surface area contributed by atoms with Crippen molar-refractivity contribution in [2.45, 2.75) is 26.8 Å². The minimum atomic E-state index is -0.718. The van der Waals surface area contributed by atoms with Crippen molar-refractivity contribution in [1.29, 1.82) is 5.26 Å². The molecule has 2 N–H and O–H groups in total. The van der Waals surface area contributed by atoms with Gasteiger partial charge >= 0.3 is 6.09 Å². The van der Waals surface area contributed by atoms with Crippen LogP contribution < -0.4 is 5.32 Å². The Bertz CT molecular complexity index is 1080. The van der Waals surface area contributed by atoms with Gasteiger partial charge in [0.15, 0.2) is 0 Å². The maximum absolute atomic E-state index is 14.6. The van der Waals surface area contributed by atoms with Gasteiger partial charge in [0.2, 0.25) is 0 Å². The monoisotopic (exact) mass is 381 g/mol. The molecule has 0 aliphatic rings. The number of nitrogens with zero attached hydrogens (tertiary/aromatic N) is 2. The fraction of sp³-hybridized carbons (Fsp3) is 0.238. The minimum Gasteiger partial charge on any atom is -0.508 e. The van der Waals surface area contributed by atoms with Crippen molar-refractivity contribution < 1.29 is 19.0 Å². The van der Waals surface area contributed by atoms with E-state index in [1.807, 2.05) is 18.4 Å². The molecule has 144 valence electrons. The number of aryl methyl sites for hydroxylation is 1. The molecule has 0 atom stereocenters. The molecule has 28 heavy (non-hydrogen) atoms. The highest BCUT2D eigenvalue weighted by molar-refractivity contribution is 5.95. The van der Waals surface area contributed by atoms with Crippen molar-refractivity contribution >= 4 is 22.7 Å². The van der Waals surface area contributed by atoms with Crippen LogP contribution in [-0.4, -0.2) is 22.4 Å². The lowest BCUT2D eigenvalue weighted by atomic mass is 10.1. The van der Waals surface area contributed by atoms with Gasteiger partial charge in [0.05, 0.1) is 29.1 Å². The predicted molar refractivity (Wildman–Crippen MR) is 105 cm³/mol. The second-order valence-electron chi connectivity index (χ2n) is 6.24. The average molecular weight is 381 g/mol. The first-order valence-electron chi connectivity index (χ1n) is 8.99. The number of hydrogen-bond donors (Lipinski definition) is 2. The number of amides is 1. The number of nitriles is 1. The Morgan fingerprint density at radius 2 is 2.07 bits per heavy atom. The largest absolute Gasteiger partial charge is 0.508 e. The fourth-order valence-electron chi connectivity index (χ4n) is 3.18. The Morgan fingerprint density at radius 1 is 1.29 bits per heavy atom. The number of halogens is 1. The smallest absolute Gasteiger partial charge is 0.411 e. The van der Waals surface area contributed by atoms with Crippen molar-refractivity contribution in [3.8, 4) is 23.1 Å². The van der Waals surface area contributed by atoms with Gasteiger partial charge in [-0.1, -0.05) is 13.0 Å². The van der Waals surface area contributed by atoms with E-state index in [0.29, 0.717) is 40.7 Å². The molecule has 0 bridgehead atoms. The van der Waals surface area contributed by atoms with Crippen molar-refractivity contribution in [2.75, 3.05) is 11.9 Å². The molecule has 1 aromatic heterocycles. The lowest BCUT2D eigenvalue weighted by Gasteiger charge is -2.11. The van der Waals surface area contributed by atoms with Crippen LogP contribution in [0, 0.1) is 17.1 Å². The summed E-state index contributed by atoms with van der Waals surface area (Å²) in [5.41, 5.74) is 2.16. The van der Waals surface area contributed by atoms with E-state index in [4.69, 9.17) is 4.74 Å². The van der Waals surface area contributed by atoms with Gasteiger partial charge in [0.25, 0.3) is 0 Å². The molecule has 6 nitrogen and oxygen atoms in total. The number of phenols is 1. The van der Waals surface area contributed by atoms with Crippen molar-refractivity contribution in [1.82, 2.24) is 4.57 Å². The van der Waals surface area contributed by atoms with E-state index in [9.17, 15) is 19.6 Å². The molecule has 0 spiro atoms. The van der Waals surface area contributed by atoms with Crippen molar-refractivity contribution in [3.05, 3.63) is 47.8 Å². The summed E-state index contributed by atoms with van der Waals surface area (Å²) < 4.78 is 21.4. The van der Waals surface area contributed by atoms with E-state index in [0.717, 1.165) is 0 Å². The van der Waals surface area contributed by atoms with Crippen LogP contribution in [0.15, 0.2) is 36.4 Å². The number of benzene rings is 2. The zero-order valence-electron chi connectivity index (χ0n) is 15.6. The Balaban J connectivity index is 2.07. The van der Waals surface area contributed by atoms with Crippen LogP contribution in [0.25, 0.3) is 22.2 Å². The molecule has 0 saturated carbocycles. The highest BCUT2D eigenvalue weighted by Gasteiger charge is 2.19. The van der Waals surface area contributed by atoms with E-state index in [1.165, 1.54) is 18.2 Å². The van der Waals surface area contributed by atoms with Gasteiger partial charge in [-0.05, 0) is 37.6 Å². The van der Waals surface area contributed by atoms with E-state index in [1.54, 1.807) is 18.2 Å². The summed E-state index contributed by atoms with van der Waals surface area (Å²) in [7, 11) is 0. The van der Waals surface area contributed by atoms with Gasteiger partial charge in [0, 0.05) is 23.6 Å². The maximum Gasteiger partial charge on any atom is 0.411 e. The van der Waals surface area contributed by atoms with Crippen molar-refractivity contribution in [3.63, 3.8) is 0 Å². The Labute approximate surface area is 161 Å². The number of hydrogen-bond acceptors (Lipinski definition) is 4. The third-order valence-electron chi connectivity index (χ3n) is 4.39. The molecule has 0 aliphatic carbocycles. The number of rotatable bonds is 5. The lowest BCUT2D eigenvalue weighted by molar-refractivity contribution is 0.161. The Morgan fingerprint density at radius 3 is 2.71 bits per heavy atom. The quantitative estimate of drug-likeness (QED) is 0.651. The van der Waals surface area contributed by atoms with Gasteiger partial charge in [0.1, 0.15) is 17.6 Å². The molecule has 0 saturated heterocycles. The summed E-state index contributed by atoms with van der Waals surface area (Å²) in [6.07, 6.45) is -0.0486. The normalized spacial score (nSPS) is 10.6. The number of carbonyl (C=O) groups is 1. The number of aromatic nitrogens is 1. The van der Waals surface area contributed by atoms with Crippen LogP contribution in [-0.2, 0) is 11.3 Å². The minimum absolute atomic E-state index is 0.000153.